The number of Topliss-reactive ketones (excluding diaryl/α,β-unsaturated/α-hetero) is 1. The summed E-state index contributed by atoms with van der Waals surface area (Å²) in [6.07, 6.45) is 2.92. The lowest BCUT2D eigenvalue weighted by Crippen LogP contribution is -2.81. The van der Waals surface area contributed by atoms with E-state index in [1.165, 1.54) is 18.2 Å². The van der Waals surface area contributed by atoms with Crippen LogP contribution in [0.2, 0.25) is 0 Å². The number of rotatable bonds is 2. The number of nitrogens with two attached hydrogens (primary N) is 1. The number of ketones is 2. The molecule has 0 radical (unpaired) electrons. The van der Waals surface area contributed by atoms with E-state index in [1.54, 1.807) is 27.7 Å². The van der Waals surface area contributed by atoms with Gasteiger partial charge in [0, 0.05) is 10.8 Å². The summed E-state index contributed by atoms with van der Waals surface area (Å²) >= 11 is 0. The molecule has 5 rings (SSSR count). The molecule has 0 spiro atoms. The maximum absolute atomic E-state index is 17.4. The Balaban J connectivity index is 1.69. The molecule has 32 heavy (non-hydrogen) atoms. The zero-order valence-corrected chi connectivity index (χ0v) is 19.0. The van der Waals surface area contributed by atoms with Gasteiger partial charge < -0.3 is 25.4 Å². The normalized spacial score (nSPS) is 53.2. The second-order valence-electron chi connectivity index (χ2n) is 11.2. The molecule has 4 fully saturated rings. The molecule has 1 aliphatic heterocycles. The van der Waals surface area contributed by atoms with Crippen LogP contribution in [-0.4, -0.2) is 63.2 Å². The van der Waals surface area contributed by atoms with E-state index in [0.717, 1.165) is 0 Å². The van der Waals surface area contributed by atoms with Gasteiger partial charge in [-0.05, 0) is 64.5 Å². The number of fused-ring (bicyclic) bond motifs is 7. The Kier molecular flexibility index (Phi) is 4.30. The first-order chi connectivity index (χ1) is 14.7. The largest absolute Gasteiger partial charge is 0.390 e. The Bertz CT molecular complexity index is 978. The highest BCUT2D eigenvalue weighted by molar-refractivity contribution is 6.01. The number of aliphatic hydroxyl groups excluding tert-OH is 2. The van der Waals surface area contributed by atoms with Crippen molar-refractivity contribution in [3.63, 3.8) is 0 Å². The minimum absolute atomic E-state index is 0.0839. The molecule has 1 heterocycles. The number of hydrogen-bond acceptors (Lipinski definition) is 7. The molecule has 0 aromatic carbocycles. The van der Waals surface area contributed by atoms with Crippen LogP contribution in [0.25, 0.3) is 0 Å². The molecule has 5 aliphatic rings. The summed E-state index contributed by atoms with van der Waals surface area (Å²) in [5, 5.41) is 21.3. The van der Waals surface area contributed by atoms with Gasteiger partial charge in [0.25, 0.3) is 0 Å². The van der Waals surface area contributed by atoms with Gasteiger partial charge in [0.15, 0.2) is 28.6 Å². The van der Waals surface area contributed by atoms with E-state index >= 15 is 4.39 Å². The molecule has 3 saturated carbocycles. The lowest BCUT2D eigenvalue weighted by atomic mass is 9.41. The second kappa shape index (κ2) is 6.16. The summed E-state index contributed by atoms with van der Waals surface area (Å²) in [7, 11) is 0. The van der Waals surface area contributed by atoms with Crippen molar-refractivity contribution in [2.24, 2.45) is 22.5 Å². The highest BCUT2D eigenvalue weighted by atomic mass is 19.1. The van der Waals surface area contributed by atoms with Gasteiger partial charge in [-0.3, -0.25) is 9.59 Å². The minimum atomic E-state index is -2.26. The van der Waals surface area contributed by atoms with Gasteiger partial charge >= 0.3 is 0 Å². The van der Waals surface area contributed by atoms with Crippen LogP contribution in [0.1, 0.15) is 53.4 Å². The lowest BCUT2D eigenvalue weighted by molar-refractivity contribution is -0.252. The van der Waals surface area contributed by atoms with Crippen molar-refractivity contribution in [1.82, 2.24) is 0 Å². The zero-order valence-electron chi connectivity index (χ0n) is 19.0. The van der Waals surface area contributed by atoms with Crippen LogP contribution in [0.4, 0.5) is 4.39 Å². The first-order valence-electron chi connectivity index (χ1n) is 11.3. The third-order valence-electron chi connectivity index (χ3n) is 9.42. The van der Waals surface area contributed by atoms with Crippen molar-refractivity contribution in [1.29, 1.82) is 0 Å². The van der Waals surface area contributed by atoms with Crippen LogP contribution in [0, 0.1) is 16.7 Å². The molecule has 4 aliphatic carbocycles. The third-order valence-corrected chi connectivity index (χ3v) is 9.42. The quantitative estimate of drug-likeness (QED) is 0.585. The first-order valence-corrected chi connectivity index (χ1v) is 11.3. The Morgan fingerprint density at radius 3 is 2.66 bits per heavy atom. The zero-order chi connectivity index (χ0) is 23.5. The van der Waals surface area contributed by atoms with Crippen molar-refractivity contribution < 1.29 is 33.7 Å². The highest BCUT2D eigenvalue weighted by Crippen LogP contribution is 2.72. The molecule has 1 saturated heterocycles. The first kappa shape index (κ1) is 22.3. The molecule has 7 nitrogen and oxygen atoms in total. The lowest BCUT2D eigenvalue weighted by Gasteiger charge is -2.67. The number of carbonyl (C=O) groups excluding carboxylic acids is 2. The summed E-state index contributed by atoms with van der Waals surface area (Å²) in [5.74, 6) is -2.36. The smallest absolute Gasteiger partial charge is 0.193 e. The molecule has 4 N–H and O–H groups in total. The predicted molar refractivity (Wildman–Crippen MR) is 112 cm³/mol. The van der Waals surface area contributed by atoms with E-state index in [2.05, 4.69) is 0 Å². The standard InChI is InChI=1S/C24H32FNO6/c1-19(2)31-18-10-15-21(4,23(18,32-19)17(30)12-27)11-16(29)24(25)20(3)7-6-14(28)9-13(20)5-8-22(15,24)26/h6-7,9,15-16,18,27,29H,5,8,10-12,26H2,1-4H3/t15?,16?,18?,20?,21-,22?,23?,24?/m0/s1. The molecular weight excluding hydrogens is 417 g/mol. The summed E-state index contributed by atoms with van der Waals surface area (Å²) in [6.45, 7) is 6.16. The number of carbonyl (C=O) groups is 2. The van der Waals surface area contributed by atoms with Crippen LogP contribution in [-0.2, 0) is 19.1 Å². The van der Waals surface area contributed by atoms with Gasteiger partial charge in [0.05, 0.1) is 17.7 Å². The number of hydrogen-bond donors (Lipinski definition) is 3. The maximum atomic E-state index is 17.4. The summed E-state index contributed by atoms with van der Waals surface area (Å²) in [4.78, 5) is 25.2. The van der Waals surface area contributed by atoms with E-state index in [0.29, 0.717) is 12.0 Å². The Morgan fingerprint density at radius 2 is 2.00 bits per heavy atom. The molecule has 0 aromatic rings. The van der Waals surface area contributed by atoms with Crippen LogP contribution < -0.4 is 5.73 Å². The average Bonchev–Trinajstić information content (AvgIpc) is 3.12. The molecule has 8 atom stereocenters. The van der Waals surface area contributed by atoms with E-state index in [4.69, 9.17) is 15.2 Å². The van der Waals surface area contributed by atoms with Gasteiger partial charge in [-0.2, -0.15) is 0 Å². The van der Waals surface area contributed by atoms with Gasteiger partial charge in [0.2, 0.25) is 0 Å². The third kappa shape index (κ3) is 2.19. The Labute approximate surface area is 186 Å². The fourth-order valence-corrected chi connectivity index (χ4v) is 8.13. The number of allylic oxidation sites excluding steroid dienone is 4. The molecule has 7 unspecified atom stereocenters. The monoisotopic (exact) mass is 449 g/mol. The second-order valence-corrected chi connectivity index (χ2v) is 11.2. The predicted octanol–water partition coefficient (Wildman–Crippen LogP) is 1.50. The molecule has 0 aromatic heterocycles. The molecule has 176 valence electrons. The number of ether oxygens (including phenoxy) is 2. The van der Waals surface area contributed by atoms with Gasteiger partial charge in [-0.25, -0.2) is 4.39 Å². The van der Waals surface area contributed by atoms with Crippen molar-refractivity contribution in [3.8, 4) is 0 Å². The fourth-order valence-electron chi connectivity index (χ4n) is 8.13. The highest BCUT2D eigenvalue weighted by Gasteiger charge is 2.83. The SMILES string of the molecule is CC1(C)OC2CC3C4(N)CCC5=CC(=O)C=CC5(C)C4(F)C(O)C[C@]3(C)C2(C(=O)CO)O1. The Morgan fingerprint density at radius 1 is 1.31 bits per heavy atom. The summed E-state index contributed by atoms with van der Waals surface area (Å²) in [6, 6.07) is 0. The van der Waals surface area contributed by atoms with Crippen molar-refractivity contribution in [2.45, 2.75) is 88.2 Å². The van der Waals surface area contributed by atoms with Crippen LogP contribution >= 0.6 is 0 Å². The van der Waals surface area contributed by atoms with E-state index < -0.39 is 63.9 Å². The maximum Gasteiger partial charge on any atom is 0.193 e. The van der Waals surface area contributed by atoms with E-state index in [9.17, 15) is 19.8 Å². The minimum Gasteiger partial charge on any atom is -0.390 e. The summed E-state index contributed by atoms with van der Waals surface area (Å²) < 4.78 is 29.7. The van der Waals surface area contributed by atoms with Gasteiger partial charge in [-0.15, -0.1) is 0 Å². The topological polar surface area (TPSA) is 119 Å². The number of halogens is 1. The van der Waals surface area contributed by atoms with E-state index in [-0.39, 0.29) is 25.0 Å². The van der Waals surface area contributed by atoms with Crippen LogP contribution in [0.15, 0.2) is 23.8 Å². The molecule has 0 amide bonds. The van der Waals surface area contributed by atoms with Crippen molar-refractivity contribution in [3.05, 3.63) is 23.8 Å². The molecule has 0 bridgehead atoms. The van der Waals surface area contributed by atoms with Gasteiger partial charge in [-0.1, -0.05) is 18.6 Å². The van der Waals surface area contributed by atoms with E-state index in [1.807, 2.05) is 0 Å². The van der Waals surface area contributed by atoms with Crippen molar-refractivity contribution in [2.75, 3.05) is 6.61 Å². The van der Waals surface area contributed by atoms with Crippen LogP contribution in [0.3, 0.4) is 0 Å². The summed E-state index contributed by atoms with van der Waals surface area (Å²) in [5.41, 5.74) is 0.0288. The fraction of sp³-hybridized carbons (Fsp3) is 0.750. The van der Waals surface area contributed by atoms with Gasteiger partial charge in [0.1, 0.15) is 6.61 Å². The van der Waals surface area contributed by atoms with Crippen LogP contribution in [0.5, 0.6) is 0 Å². The Hall–Kier alpha value is -1.45. The molecular formula is C24H32FNO6. The average molecular weight is 450 g/mol. The molecule has 8 heteroatoms. The van der Waals surface area contributed by atoms with Crippen molar-refractivity contribution >= 4 is 11.6 Å². The number of alkyl halides is 1. The number of aliphatic hydroxyl groups is 2.